The number of hydrogen-bond acceptors (Lipinski definition) is 4. The molecule has 0 radical (unpaired) electrons. The van der Waals surface area contributed by atoms with Crippen LogP contribution in [0.1, 0.15) is 117 Å². The molecular weight excluding hydrogens is 356 g/mol. The summed E-state index contributed by atoms with van der Waals surface area (Å²) in [5, 5.41) is 8.50. The average molecular weight is 401 g/mol. The van der Waals surface area contributed by atoms with E-state index in [0.717, 1.165) is 19.4 Å². The molecule has 0 aromatic rings. The third-order valence-corrected chi connectivity index (χ3v) is 4.78. The van der Waals surface area contributed by atoms with E-state index in [4.69, 9.17) is 14.6 Å². The lowest BCUT2D eigenvalue weighted by Crippen LogP contribution is -2.06. The second kappa shape index (κ2) is 20.6. The SMILES string of the molecule is CC1CO1.CCCCCCCCCCCCCCOC(=O)CCCCC(=O)O. The normalized spacial score (nSPS) is 14.9. The lowest BCUT2D eigenvalue weighted by atomic mass is 10.1. The van der Waals surface area contributed by atoms with Crippen LogP contribution >= 0.6 is 0 Å². The van der Waals surface area contributed by atoms with Gasteiger partial charge in [0.15, 0.2) is 0 Å². The minimum absolute atomic E-state index is 0.131. The number of aliphatic carboxylic acids is 1. The molecule has 0 aliphatic carbocycles. The Balaban J connectivity index is 0.00000160. The molecule has 5 nitrogen and oxygen atoms in total. The molecule has 166 valence electrons. The molecule has 1 saturated heterocycles. The van der Waals surface area contributed by atoms with Crippen molar-refractivity contribution in [3.63, 3.8) is 0 Å². The van der Waals surface area contributed by atoms with Crippen LogP contribution in [-0.4, -0.2) is 36.4 Å². The van der Waals surface area contributed by atoms with Crippen LogP contribution in [0.4, 0.5) is 0 Å². The highest BCUT2D eigenvalue weighted by Crippen LogP contribution is 2.12. The highest BCUT2D eigenvalue weighted by Gasteiger charge is 2.13. The van der Waals surface area contributed by atoms with Crippen molar-refractivity contribution in [2.45, 2.75) is 123 Å². The molecule has 1 rings (SSSR count). The van der Waals surface area contributed by atoms with Gasteiger partial charge in [0.25, 0.3) is 0 Å². The first-order chi connectivity index (χ1) is 13.6. The second-order valence-electron chi connectivity index (χ2n) is 7.85. The number of epoxide rings is 1. The van der Waals surface area contributed by atoms with Gasteiger partial charge in [0.05, 0.1) is 19.3 Å². The van der Waals surface area contributed by atoms with Gasteiger partial charge >= 0.3 is 11.9 Å². The number of carbonyl (C=O) groups is 2. The summed E-state index contributed by atoms with van der Waals surface area (Å²) < 4.78 is 9.86. The van der Waals surface area contributed by atoms with Gasteiger partial charge in [-0.25, -0.2) is 0 Å². The van der Waals surface area contributed by atoms with Crippen LogP contribution in [0.25, 0.3) is 0 Å². The van der Waals surface area contributed by atoms with E-state index in [9.17, 15) is 9.59 Å². The first kappa shape index (κ1) is 26.9. The van der Waals surface area contributed by atoms with E-state index in [1.54, 1.807) is 0 Å². The molecule has 1 fully saturated rings. The van der Waals surface area contributed by atoms with E-state index in [2.05, 4.69) is 13.8 Å². The summed E-state index contributed by atoms with van der Waals surface area (Å²) in [4.78, 5) is 21.8. The topological polar surface area (TPSA) is 76.1 Å². The van der Waals surface area contributed by atoms with Gasteiger partial charge in [-0.15, -0.1) is 0 Å². The minimum atomic E-state index is -0.806. The molecule has 0 spiro atoms. The van der Waals surface area contributed by atoms with Gasteiger partial charge in [-0.1, -0.05) is 77.6 Å². The summed E-state index contributed by atoms with van der Waals surface area (Å²) in [5.74, 6) is -0.997. The van der Waals surface area contributed by atoms with Crippen LogP contribution in [-0.2, 0) is 19.1 Å². The second-order valence-corrected chi connectivity index (χ2v) is 7.85. The van der Waals surface area contributed by atoms with Crippen molar-refractivity contribution in [3.05, 3.63) is 0 Å². The summed E-state index contributed by atoms with van der Waals surface area (Å²) >= 11 is 0. The molecule has 1 aliphatic heterocycles. The van der Waals surface area contributed by atoms with Gasteiger partial charge in [0, 0.05) is 12.8 Å². The molecular formula is C23H44O5. The summed E-state index contributed by atoms with van der Waals surface area (Å²) in [6.45, 7) is 5.80. The fraction of sp³-hybridized carbons (Fsp3) is 0.913. The minimum Gasteiger partial charge on any atom is -0.481 e. The van der Waals surface area contributed by atoms with Crippen molar-refractivity contribution in [3.8, 4) is 0 Å². The van der Waals surface area contributed by atoms with Crippen LogP contribution < -0.4 is 0 Å². The maximum atomic E-state index is 11.4. The lowest BCUT2D eigenvalue weighted by molar-refractivity contribution is -0.144. The van der Waals surface area contributed by atoms with Crippen molar-refractivity contribution in [2.75, 3.05) is 13.2 Å². The Kier molecular flexibility index (Phi) is 19.8. The van der Waals surface area contributed by atoms with Crippen LogP contribution in [0.2, 0.25) is 0 Å². The zero-order valence-corrected chi connectivity index (χ0v) is 18.4. The number of unbranched alkanes of at least 4 members (excludes halogenated alkanes) is 12. The Bertz CT molecular complexity index is 366. The molecule has 1 atom stereocenters. The van der Waals surface area contributed by atoms with E-state index < -0.39 is 5.97 Å². The molecule has 5 heteroatoms. The van der Waals surface area contributed by atoms with Gasteiger partial charge in [-0.05, 0) is 26.2 Å². The molecule has 1 N–H and O–H groups in total. The smallest absolute Gasteiger partial charge is 0.305 e. The number of hydrogen-bond donors (Lipinski definition) is 1. The van der Waals surface area contributed by atoms with Gasteiger partial charge in [-0.3, -0.25) is 9.59 Å². The molecule has 28 heavy (non-hydrogen) atoms. The fourth-order valence-electron chi connectivity index (χ4n) is 2.84. The maximum Gasteiger partial charge on any atom is 0.305 e. The van der Waals surface area contributed by atoms with Crippen LogP contribution in [0.15, 0.2) is 0 Å². The van der Waals surface area contributed by atoms with Crippen LogP contribution in [0, 0.1) is 0 Å². The van der Waals surface area contributed by atoms with Crippen molar-refractivity contribution in [1.29, 1.82) is 0 Å². The molecule has 0 amide bonds. The first-order valence-electron chi connectivity index (χ1n) is 11.5. The van der Waals surface area contributed by atoms with Gasteiger partial charge in [0.1, 0.15) is 0 Å². The van der Waals surface area contributed by atoms with Crippen molar-refractivity contribution >= 4 is 11.9 Å². The summed E-state index contributed by atoms with van der Waals surface area (Å²) in [7, 11) is 0. The predicted octanol–water partition coefficient (Wildman–Crippen LogP) is 6.28. The molecule has 0 bridgehead atoms. The Morgan fingerprint density at radius 2 is 1.25 bits per heavy atom. The summed E-state index contributed by atoms with van der Waals surface area (Å²) in [6.07, 6.45) is 17.7. The van der Waals surface area contributed by atoms with Crippen LogP contribution in [0.5, 0.6) is 0 Å². The van der Waals surface area contributed by atoms with Gasteiger partial charge in [-0.2, -0.15) is 0 Å². The van der Waals surface area contributed by atoms with Crippen LogP contribution in [0.3, 0.4) is 0 Å². The van der Waals surface area contributed by atoms with Gasteiger partial charge in [0.2, 0.25) is 0 Å². The highest BCUT2D eigenvalue weighted by molar-refractivity contribution is 5.69. The predicted molar refractivity (Wildman–Crippen MR) is 114 cm³/mol. The van der Waals surface area contributed by atoms with Crippen molar-refractivity contribution in [2.24, 2.45) is 0 Å². The largest absolute Gasteiger partial charge is 0.481 e. The van der Waals surface area contributed by atoms with E-state index >= 15 is 0 Å². The van der Waals surface area contributed by atoms with E-state index in [-0.39, 0.29) is 12.4 Å². The Labute approximate surface area is 172 Å². The Morgan fingerprint density at radius 3 is 1.68 bits per heavy atom. The monoisotopic (exact) mass is 400 g/mol. The number of rotatable bonds is 18. The molecule has 1 heterocycles. The highest BCUT2D eigenvalue weighted by atomic mass is 16.6. The third-order valence-electron chi connectivity index (χ3n) is 4.78. The molecule has 0 aromatic carbocycles. The lowest BCUT2D eigenvalue weighted by Gasteiger charge is -2.05. The van der Waals surface area contributed by atoms with E-state index in [1.165, 1.54) is 64.2 Å². The summed E-state index contributed by atoms with van der Waals surface area (Å²) in [6, 6.07) is 0. The molecule has 0 saturated carbocycles. The number of carboxylic acids is 1. The first-order valence-corrected chi connectivity index (χ1v) is 11.5. The van der Waals surface area contributed by atoms with E-state index in [0.29, 0.717) is 32.0 Å². The maximum absolute atomic E-state index is 11.4. The summed E-state index contributed by atoms with van der Waals surface area (Å²) in [5.41, 5.74) is 0. The standard InChI is InChI=1S/C20H38O4.C3H6O/c1-2-3-4-5-6-7-8-9-10-11-12-15-18-24-20(23)17-14-13-16-19(21)22;1-3-2-4-3/h2-18H2,1H3,(H,21,22);3H,2H2,1H3. The third kappa shape index (κ3) is 24.9. The quantitative estimate of drug-likeness (QED) is 0.166. The molecule has 1 aliphatic rings. The zero-order valence-electron chi connectivity index (χ0n) is 18.4. The van der Waals surface area contributed by atoms with Crippen molar-refractivity contribution in [1.82, 2.24) is 0 Å². The zero-order chi connectivity index (χ0) is 20.9. The average Bonchev–Trinajstić information content (AvgIpc) is 3.45. The Hall–Kier alpha value is -1.10. The fourth-order valence-corrected chi connectivity index (χ4v) is 2.84. The number of ether oxygens (including phenoxy) is 2. The van der Waals surface area contributed by atoms with Crippen molar-refractivity contribution < 1.29 is 24.2 Å². The number of carboxylic acid groups (broad SMARTS) is 1. The number of esters is 1. The molecule has 1 unspecified atom stereocenters. The molecule has 0 aromatic heterocycles. The number of carbonyl (C=O) groups excluding carboxylic acids is 1. The van der Waals surface area contributed by atoms with E-state index in [1.807, 2.05) is 0 Å². The Morgan fingerprint density at radius 1 is 0.821 bits per heavy atom. The van der Waals surface area contributed by atoms with Gasteiger partial charge < -0.3 is 14.6 Å².